The van der Waals surface area contributed by atoms with Crippen molar-refractivity contribution in [3.8, 4) is 0 Å². The number of nitrogens with zero attached hydrogens (tertiary/aromatic N) is 1. The topological polar surface area (TPSA) is 60.8 Å². The third-order valence-corrected chi connectivity index (χ3v) is 2.92. The zero-order valence-electron chi connectivity index (χ0n) is 7.22. The molecule has 2 heterocycles. The first-order valence-corrected chi connectivity index (χ1v) is 4.29. The number of hydrogen-bond acceptors (Lipinski definition) is 3. The zero-order chi connectivity index (χ0) is 8.72. The van der Waals surface area contributed by atoms with Gasteiger partial charge in [-0.3, -0.25) is 9.69 Å². The molecule has 0 radical (unpaired) electrons. The average Bonchev–Trinajstić information content (AvgIpc) is 2.02. The van der Waals surface area contributed by atoms with Crippen molar-refractivity contribution < 1.29 is 15.0 Å². The highest BCUT2D eigenvalue weighted by atomic mass is 35.5. The molecule has 5 heteroatoms. The molecule has 76 valence electrons. The highest BCUT2D eigenvalue weighted by molar-refractivity contribution is 5.85. The molecule has 4 nitrogen and oxygen atoms in total. The lowest BCUT2D eigenvalue weighted by Crippen LogP contribution is -2.58. The molecule has 1 unspecified atom stereocenters. The van der Waals surface area contributed by atoms with Crippen molar-refractivity contribution in [3.05, 3.63) is 0 Å². The molecule has 2 saturated heterocycles. The molecule has 3 fully saturated rings. The van der Waals surface area contributed by atoms with Crippen LogP contribution in [0.4, 0.5) is 0 Å². The fourth-order valence-electron chi connectivity index (χ4n) is 2.28. The van der Waals surface area contributed by atoms with Crippen LogP contribution in [-0.4, -0.2) is 46.8 Å². The minimum Gasteiger partial charge on any atom is -0.480 e. The lowest BCUT2D eigenvalue weighted by Gasteiger charge is -2.50. The van der Waals surface area contributed by atoms with Gasteiger partial charge in [-0.25, -0.2) is 0 Å². The molecule has 13 heavy (non-hydrogen) atoms. The second-order valence-corrected chi connectivity index (χ2v) is 3.83. The third kappa shape index (κ3) is 1.95. The number of rotatable bonds is 2. The number of carbonyl (C=O) groups is 1. The van der Waals surface area contributed by atoms with Crippen LogP contribution in [0.3, 0.4) is 0 Å². The van der Waals surface area contributed by atoms with Crippen LogP contribution in [0.5, 0.6) is 0 Å². The number of fused-ring (bicyclic) bond motifs is 2. The van der Waals surface area contributed by atoms with Gasteiger partial charge >= 0.3 is 5.97 Å². The van der Waals surface area contributed by atoms with Crippen molar-refractivity contribution in [2.24, 2.45) is 11.8 Å². The molecule has 0 aromatic carbocycles. The number of aliphatic carboxylic acids is 1. The summed E-state index contributed by atoms with van der Waals surface area (Å²) in [6.07, 6.45) is 0.923. The number of aliphatic hydroxyl groups is 1. The van der Waals surface area contributed by atoms with Crippen molar-refractivity contribution in [3.63, 3.8) is 0 Å². The van der Waals surface area contributed by atoms with Crippen LogP contribution in [0.2, 0.25) is 0 Å². The van der Waals surface area contributed by atoms with E-state index in [1.165, 1.54) is 0 Å². The smallest absolute Gasteiger partial charge is 0.317 e. The van der Waals surface area contributed by atoms with Crippen molar-refractivity contribution >= 4 is 18.4 Å². The molecule has 2 bridgehead atoms. The van der Waals surface area contributed by atoms with Gasteiger partial charge in [-0.15, -0.1) is 12.4 Å². The molecule has 1 aliphatic carbocycles. The maximum Gasteiger partial charge on any atom is 0.317 e. The molecular formula is C8H14ClNO3. The highest BCUT2D eigenvalue weighted by Gasteiger charge is 2.45. The minimum atomic E-state index is -0.772. The first kappa shape index (κ1) is 10.8. The number of piperidine rings is 2. The van der Waals surface area contributed by atoms with Crippen LogP contribution >= 0.6 is 12.4 Å². The Morgan fingerprint density at radius 2 is 1.92 bits per heavy atom. The van der Waals surface area contributed by atoms with Crippen molar-refractivity contribution in [1.82, 2.24) is 4.90 Å². The summed E-state index contributed by atoms with van der Waals surface area (Å²) < 4.78 is 0. The second kappa shape index (κ2) is 3.82. The van der Waals surface area contributed by atoms with Gasteiger partial charge in [0.2, 0.25) is 0 Å². The van der Waals surface area contributed by atoms with Crippen LogP contribution in [0.15, 0.2) is 0 Å². The molecular weight excluding hydrogens is 194 g/mol. The fourth-order valence-corrected chi connectivity index (χ4v) is 2.28. The zero-order valence-corrected chi connectivity index (χ0v) is 8.04. The van der Waals surface area contributed by atoms with Gasteiger partial charge in [0.05, 0.1) is 12.6 Å². The highest BCUT2D eigenvalue weighted by Crippen LogP contribution is 2.39. The average molecular weight is 208 g/mol. The van der Waals surface area contributed by atoms with E-state index >= 15 is 0 Å². The number of carboxylic acids is 1. The summed E-state index contributed by atoms with van der Waals surface area (Å²) in [6, 6.07) is 0. The van der Waals surface area contributed by atoms with E-state index in [-0.39, 0.29) is 25.1 Å². The Labute approximate surface area is 82.9 Å². The fraction of sp³-hybridized carbons (Fsp3) is 0.875. The molecule has 1 saturated carbocycles. The van der Waals surface area contributed by atoms with Crippen LogP contribution in [0.25, 0.3) is 0 Å². The number of hydrogen-bond donors (Lipinski definition) is 2. The van der Waals surface area contributed by atoms with E-state index < -0.39 is 5.97 Å². The number of aliphatic hydroxyl groups excluding tert-OH is 1. The van der Waals surface area contributed by atoms with E-state index in [0.717, 1.165) is 19.5 Å². The van der Waals surface area contributed by atoms with E-state index in [2.05, 4.69) is 0 Å². The maximum atomic E-state index is 10.4. The van der Waals surface area contributed by atoms with Gasteiger partial charge in [0, 0.05) is 13.1 Å². The monoisotopic (exact) mass is 207 g/mol. The molecule has 0 amide bonds. The summed E-state index contributed by atoms with van der Waals surface area (Å²) in [5, 5.41) is 17.9. The Morgan fingerprint density at radius 1 is 1.38 bits per heavy atom. The van der Waals surface area contributed by atoms with Gasteiger partial charge in [0.1, 0.15) is 0 Å². The van der Waals surface area contributed by atoms with E-state index in [9.17, 15) is 9.90 Å². The minimum absolute atomic E-state index is 0. The van der Waals surface area contributed by atoms with E-state index in [1.54, 1.807) is 0 Å². The second-order valence-electron chi connectivity index (χ2n) is 3.83. The van der Waals surface area contributed by atoms with Gasteiger partial charge in [-0.05, 0) is 18.3 Å². The molecule has 0 spiro atoms. The summed E-state index contributed by atoms with van der Waals surface area (Å²) in [4.78, 5) is 12.3. The number of carboxylic acid groups (broad SMARTS) is 1. The van der Waals surface area contributed by atoms with Gasteiger partial charge in [0.25, 0.3) is 0 Å². The molecule has 0 aromatic heterocycles. The van der Waals surface area contributed by atoms with Crippen LogP contribution in [0.1, 0.15) is 6.42 Å². The van der Waals surface area contributed by atoms with Gasteiger partial charge in [-0.1, -0.05) is 0 Å². The molecule has 3 atom stereocenters. The van der Waals surface area contributed by atoms with E-state index in [1.807, 2.05) is 4.90 Å². The Balaban J connectivity index is 0.000000845. The lowest BCUT2D eigenvalue weighted by atomic mass is 9.68. The molecule has 3 aliphatic rings. The quantitative estimate of drug-likeness (QED) is 0.659. The maximum absolute atomic E-state index is 10.4. The van der Waals surface area contributed by atoms with Gasteiger partial charge in [0.15, 0.2) is 0 Å². The Morgan fingerprint density at radius 3 is 2.31 bits per heavy atom. The Kier molecular flexibility index (Phi) is 3.16. The van der Waals surface area contributed by atoms with Gasteiger partial charge in [-0.2, -0.15) is 0 Å². The predicted octanol–water partition coefficient (Wildman–Crippen LogP) is -0.195. The summed E-state index contributed by atoms with van der Waals surface area (Å²) in [5.74, 6) is -0.100. The largest absolute Gasteiger partial charge is 0.480 e. The lowest BCUT2D eigenvalue weighted by molar-refractivity contribution is -0.145. The first-order valence-electron chi connectivity index (χ1n) is 4.29. The Bertz CT molecular complexity index is 200. The van der Waals surface area contributed by atoms with Crippen molar-refractivity contribution in [2.75, 3.05) is 19.6 Å². The molecule has 3 rings (SSSR count). The summed E-state index contributed by atoms with van der Waals surface area (Å²) in [5.41, 5.74) is 0. The first-order chi connectivity index (χ1) is 5.66. The number of halogens is 1. The van der Waals surface area contributed by atoms with Crippen LogP contribution in [0, 0.1) is 11.8 Å². The SMILES string of the molecule is Cl.O=C(O)CN1C[C@H]2C[C@@H](C1)C2O. The molecule has 2 N–H and O–H groups in total. The third-order valence-electron chi connectivity index (χ3n) is 2.92. The predicted molar refractivity (Wildman–Crippen MR) is 48.9 cm³/mol. The van der Waals surface area contributed by atoms with E-state index in [4.69, 9.17) is 5.11 Å². The Hall–Kier alpha value is -0.320. The van der Waals surface area contributed by atoms with Crippen molar-refractivity contribution in [2.45, 2.75) is 12.5 Å². The summed E-state index contributed by atoms with van der Waals surface area (Å²) in [7, 11) is 0. The van der Waals surface area contributed by atoms with Gasteiger partial charge < -0.3 is 10.2 Å². The van der Waals surface area contributed by atoms with E-state index in [0.29, 0.717) is 11.8 Å². The van der Waals surface area contributed by atoms with Crippen LogP contribution < -0.4 is 0 Å². The summed E-state index contributed by atoms with van der Waals surface area (Å²) in [6.45, 7) is 1.63. The van der Waals surface area contributed by atoms with Crippen LogP contribution in [-0.2, 0) is 4.79 Å². The normalized spacial score (nSPS) is 37.5. The molecule has 2 aliphatic heterocycles. The summed E-state index contributed by atoms with van der Waals surface area (Å²) >= 11 is 0. The van der Waals surface area contributed by atoms with Crippen molar-refractivity contribution in [1.29, 1.82) is 0 Å². The standard InChI is InChI=1S/C8H13NO3.ClH/c10-7(11)4-9-2-5-1-6(3-9)8(5)12;/h5-6,8,12H,1-4H2,(H,10,11);1H/t5-,6+,8?;. The molecule has 0 aromatic rings.